The highest BCUT2D eigenvalue weighted by atomic mass is 16.1. The molecule has 0 spiro atoms. The molecule has 1 unspecified atom stereocenters. The summed E-state index contributed by atoms with van der Waals surface area (Å²) >= 11 is 0. The van der Waals surface area contributed by atoms with Crippen molar-refractivity contribution >= 4 is 11.6 Å². The molecule has 0 aliphatic rings. The molecule has 0 saturated heterocycles. The van der Waals surface area contributed by atoms with Crippen molar-refractivity contribution < 1.29 is 4.79 Å². The Hall–Kier alpha value is -1.51. The van der Waals surface area contributed by atoms with Gasteiger partial charge in [-0.1, -0.05) is 32.4 Å². The number of carbonyl (C=O) groups excluding carboxylic acids is 1. The molecule has 1 aromatic rings. The Bertz CT molecular complexity index is 390. The van der Waals surface area contributed by atoms with Crippen LogP contribution in [0.5, 0.6) is 0 Å². The molecule has 3 N–H and O–H groups in total. The number of nitrogens with one attached hydrogen (secondary N) is 1. The van der Waals surface area contributed by atoms with Crippen molar-refractivity contribution in [3.8, 4) is 0 Å². The van der Waals surface area contributed by atoms with Gasteiger partial charge in [-0.25, -0.2) is 0 Å². The van der Waals surface area contributed by atoms with Crippen LogP contribution in [0.25, 0.3) is 0 Å². The zero-order valence-electron chi connectivity index (χ0n) is 10.9. The molecule has 3 nitrogen and oxygen atoms in total. The Labute approximate surface area is 103 Å². The Balaban J connectivity index is 2.82. The summed E-state index contributed by atoms with van der Waals surface area (Å²) in [5.74, 6) is -0.0825. The van der Waals surface area contributed by atoms with Crippen LogP contribution < -0.4 is 11.1 Å². The lowest BCUT2D eigenvalue weighted by Crippen LogP contribution is -2.45. The maximum absolute atomic E-state index is 12.1. The van der Waals surface area contributed by atoms with Crippen molar-refractivity contribution in [3.63, 3.8) is 0 Å². The first-order valence-electron chi connectivity index (χ1n) is 6.19. The first kappa shape index (κ1) is 13.6. The van der Waals surface area contributed by atoms with Gasteiger partial charge in [-0.05, 0) is 31.9 Å². The summed E-state index contributed by atoms with van der Waals surface area (Å²) in [6.07, 6.45) is 2.94. The van der Waals surface area contributed by atoms with Crippen molar-refractivity contribution in [1.82, 2.24) is 5.32 Å². The molecule has 3 heteroatoms. The third-order valence-electron chi connectivity index (χ3n) is 3.20. The minimum absolute atomic E-state index is 0.0825. The second-order valence-electron chi connectivity index (χ2n) is 4.71. The normalized spacial score (nSPS) is 14.1. The number of hydrogen-bond donors (Lipinski definition) is 2. The molecule has 1 rings (SSSR count). The van der Waals surface area contributed by atoms with E-state index in [1.807, 2.05) is 12.1 Å². The number of carbonyl (C=O) groups is 1. The van der Waals surface area contributed by atoms with Crippen LogP contribution in [0.3, 0.4) is 0 Å². The molecule has 0 aliphatic carbocycles. The quantitative estimate of drug-likeness (QED) is 0.769. The average Bonchev–Trinajstić information content (AvgIpc) is 2.29. The zero-order valence-corrected chi connectivity index (χ0v) is 10.9. The van der Waals surface area contributed by atoms with Gasteiger partial charge in [-0.3, -0.25) is 4.79 Å². The topological polar surface area (TPSA) is 55.1 Å². The minimum Gasteiger partial charge on any atom is -0.398 e. The van der Waals surface area contributed by atoms with Crippen molar-refractivity contribution in [3.05, 3.63) is 29.8 Å². The van der Waals surface area contributed by atoms with E-state index in [4.69, 9.17) is 5.73 Å². The van der Waals surface area contributed by atoms with E-state index in [2.05, 4.69) is 26.1 Å². The molecule has 1 atom stereocenters. The van der Waals surface area contributed by atoms with Crippen molar-refractivity contribution in [2.75, 3.05) is 5.73 Å². The van der Waals surface area contributed by atoms with Gasteiger partial charge in [0.25, 0.3) is 5.91 Å². The molecule has 0 fully saturated rings. The van der Waals surface area contributed by atoms with Crippen LogP contribution in [0.4, 0.5) is 5.69 Å². The van der Waals surface area contributed by atoms with Gasteiger partial charge in [0.2, 0.25) is 0 Å². The van der Waals surface area contributed by atoms with Crippen molar-refractivity contribution in [1.29, 1.82) is 0 Å². The van der Waals surface area contributed by atoms with Crippen LogP contribution in [0.2, 0.25) is 0 Å². The molecule has 0 radical (unpaired) electrons. The van der Waals surface area contributed by atoms with Crippen LogP contribution >= 0.6 is 0 Å². The van der Waals surface area contributed by atoms with E-state index in [1.54, 1.807) is 12.1 Å². The van der Waals surface area contributed by atoms with E-state index < -0.39 is 0 Å². The molecule has 0 heterocycles. The third kappa shape index (κ3) is 3.48. The summed E-state index contributed by atoms with van der Waals surface area (Å²) in [6, 6.07) is 7.16. The number of benzene rings is 1. The second kappa shape index (κ2) is 5.71. The number of nitrogens with two attached hydrogens (primary N) is 1. The van der Waals surface area contributed by atoms with Gasteiger partial charge in [0.15, 0.2) is 0 Å². The van der Waals surface area contributed by atoms with E-state index in [1.165, 1.54) is 0 Å². The monoisotopic (exact) mass is 234 g/mol. The largest absolute Gasteiger partial charge is 0.398 e. The van der Waals surface area contributed by atoms with E-state index in [0.717, 1.165) is 19.3 Å². The smallest absolute Gasteiger partial charge is 0.253 e. The number of amides is 1. The fourth-order valence-corrected chi connectivity index (χ4v) is 1.92. The maximum Gasteiger partial charge on any atom is 0.253 e. The molecular formula is C14H22N2O. The van der Waals surface area contributed by atoms with Gasteiger partial charge in [0.05, 0.1) is 5.56 Å². The average molecular weight is 234 g/mol. The summed E-state index contributed by atoms with van der Waals surface area (Å²) < 4.78 is 0. The standard InChI is InChI=1S/C14H22N2O/c1-4-10-14(3,5-2)16-13(17)11-8-6-7-9-12(11)15/h6-9H,4-5,10,15H2,1-3H3,(H,16,17). The highest BCUT2D eigenvalue weighted by Crippen LogP contribution is 2.18. The molecule has 17 heavy (non-hydrogen) atoms. The highest BCUT2D eigenvalue weighted by Gasteiger charge is 2.24. The Morgan fingerprint density at radius 3 is 2.53 bits per heavy atom. The number of hydrogen-bond acceptors (Lipinski definition) is 2. The van der Waals surface area contributed by atoms with Crippen molar-refractivity contribution in [2.45, 2.75) is 45.6 Å². The van der Waals surface area contributed by atoms with Gasteiger partial charge >= 0.3 is 0 Å². The number of nitrogen functional groups attached to an aromatic ring is 1. The predicted molar refractivity (Wildman–Crippen MR) is 71.9 cm³/mol. The van der Waals surface area contributed by atoms with Crippen molar-refractivity contribution in [2.24, 2.45) is 0 Å². The fourth-order valence-electron chi connectivity index (χ4n) is 1.92. The molecule has 0 saturated carbocycles. The lowest BCUT2D eigenvalue weighted by Gasteiger charge is -2.29. The Morgan fingerprint density at radius 2 is 2.00 bits per heavy atom. The summed E-state index contributed by atoms with van der Waals surface area (Å²) in [5, 5.41) is 3.08. The Kier molecular flexibility index (Phi) is 4.55. The maximum atomic E-state index is 12.1. The number of para-hydroxylation sites is 1. The summed E-state index contributed by atoms with van der Waals surface area (Å²) in [5.41, 5.74) is 6.74. The van der Waals surface area contributed by atoms with Crippen LogP contribution in [0, 0.1) is 0 Å². The first-order valence-corrected chi connectivity index (χ1v) is 6.19. The van der Waals surface area contributed by atoms with Gasteiger partial charge < -0.3 is 11.1 Å². The third-order valence-corrected chi connectivity index (χ3v) is 3.20. The molecule has 0 aromatic heterocycles. The number of anilines is 1. The fraction of sp³-hybridized carbons (Fsp3) is 0.500. The van der Waals surface area contributed by atoms with E-state index in [0.29, 0.717) is 11.3 Å². The lowest BCUT2D eigenvalue weighted by atomic mass is 9.92. The van der Waals surface area contributed by atoms with Gasteiger partial charge in [-0.2, -0.15) is 0 Å². The highest BCUT2D eigenvalue weighted by molar-refractivity contribution is 5.99. The predicted octanol–water partition coefficient (Wildman–Crippen LogP) is 2.97. The summed E-state index contributed by atoms with van der Waals surface area (Å²) in [4.78, 5) is 12.1. The SMILES string of the molecule is CCCC(C)(CC)NC(=O)c1ccccc1N. The van der Waals surface area contributed by atoms with Crippen LogP contribution in [0.1, 0.15) is 50.4 Å². The molecule has 0 bridgehead atoms. The van der Waals surface area contributed by atoms with E-state index >= 15 is 0 Å². The van der Waals surface area contributed by atoms with Gasteiger partial charge in [0, 0.05) is 11.2 Å². The zero-order chi connectivity index (χ0) is 12.9. The van der Waals surface area contributed by atoms with Crippen LogP contribution in [0.15, 0.2) is 24.3 Å². The molecule has 1 aromatic carbocycles. The summed E-state index contributed by atoms with van der Waals surface area (Å²) in [6.45, 7) is 6.29. The second-order valence-corrected chi connectivity index (χ2v) is 4.71. The number of rotatable bonds is 5. The Morgan fingerprint density at radius 1 is 1.35 bits per heavy atom. The molecular weight excluding hydrogens is 212 g/mol. The first-order chi connectivity index (χ1) is 8.02. The lowest BCUT2D eigenvalue weighted by molar-refractivity contribution is 0.0899. The molecule has 0 aliphatic heterocycles. The van der Waals surface area contributed by atoms with Gasteiger partial charge in [0.1, 0.15) is 0 Å². The molecule has 94 valence electrons. The molecule has 1 amide bonds. The van der Waals surface area contributed by atoms with Crippen LogP contribution in [-0.4, -0.2) is 11.4 Å². The van der Waals surface area contributed by atoms with Gasteiger partial charge in [-0.15, -0.1) is 0 Å². The van der Waals surface area contributed by atoms with E-state index in [-0.39, 0.29) is 11.4 Å². The van der Waals surface area contributed by atoms with E-state index in [9.17, 15) is 4.79 Å². The summed E-state index contributed by atoms with van der Waals surface area (Å²) in [7, 11) is 0. The van der Waals surface area contributed by atoms with Crippen LogP contribution in [-0.2, 0) is 0 Å². The minimum atomic E-state index is -0.145.